The van der Waals surface area contributed by atoms with Gasteiger partial charge in [0.1, 0.15) is 24.7 Å². The Labute approximate surface area is 208 Å². The minimum absolute atomic E-state index is 0.174. The topological polar surface area (TPSA) is 81.1 Å². The van der Waals surface area contributed by atoms with Crippen LogP contribution in [-0.2, 0) is 17.9 Å². The van der Waals surface area contributed by atoms with E-state index in [2.05, 4.69) is 20.7 Å². The normalized spacial score (nSPS) is 14.7. The van der Waals surface area contributed by atoms with Crippen molar-refractivity contribution in [2.75, 3.05) is 5.32 Å². The van der Waals surface area contributed by atoms with Gasteiger partial charge in [0.25, 0.3) is 5.91 Å². The molecule has 0 saturated carbocycles. The summed E-state index contributed by atoms with van der Waals surface area (Å²) in [5.74, 6) is 1.08. The van der Waals surface area contributed by atoms with Crippen molar-refractivity contribution in [3.05, 3.63) is 118 Å². The predicted molar refractivity (Wildman–Crippen MR) is 135 cm³/mol. The molecule has 0 bridgehead atoms. The fourth-order valence-electron chi connectivity index (χ4n) is 4.12. The van der Waals surface area contributed by atoms with Gasteiger partial charge in [0, 0.05) is 22.8 Å². The fourth-order valence-corrected chi connectivity index (χ4v) is 4.31. The number of aromatic nitrogens is 3. The van der Waals surface area contributed by atoms with E-state index in [0.717, 1.165) is 22.4 Å². The van der Waals surface area contributed by atoms with Crippen LogP contribution in [0.4, 0.5) is 5.95 Å². The van der Waals surface area contributed by atoms with E-state index in [4.69, 9.17) is 16.3 Å². The first kappa shape index (κ1) is 22.7. The quantitative estimate of drug-likeness (QED) is 0.380. The van der Waals surface area contributed by atoms with Crippen molar-refractivity contribution in [2.45, 2.75) is 26.1 Å². The molecule has 1 atom stereocenters. The molecule has 35 heavy (non-hydrogen) atoms. The number of benzene rings is 3. The number of anilines is 1. The Morgan fingerprint density at radius 2 is 1.89 bits per heavy atom. The first-order valence-electron chi connectivity index (χ1n) is 11.3. The summed E-state index contributed by atoms with van der Waals surface area (Å²) in [5, 5.41) is 11.3. The van der Waals surface area contributed by atoms with Crippen LogP contribution in [-0.4, -0.2) is 20.7 Å². The molecule has 3 aromatic carbocycles. The smallest absolute Gasteiger partial charge is 0.251 e. The molecule has 0 radical (unpaired) electrons. The molecule has 1 aliphatic rings. The van der Waals surface area contributed by atoms with Crippen molar-refractivity contribution in [1.29, 1.82) is 0 Å². The summed E-state index contributed by atoms with van der Waals surface area (Å²) in [6.45, 7) is 2.64. The summed E-state index contributed by atoms with van der Waals surface area (Å²) in [4.78, 5) is 17.7. The van der Waals surface area contributed by atoms with Crippen LogP contribution in [0.25, 0.3) is 0 Å². The van der Waals surface area contributed by atoms with E-state index in [0.29, 0.717) is 35.4 Å². The maximum absolute atomic E-state index is 13.4. The van der Waals surface area contributed by atoms with Crippen LogP contribution in [0.5, 0.6) is 5.75 Å². The number of carbonyl (C=O) groups excluding carboxylic acids is 1. The van der Waals surface area contributed by atoms with Crippen molar-refractivity contribution in [3.63, 3.8) is 0 Å². The molecule has 7 nitrogen and oxygen atoms in total. The third-order valence-electron chi connectivity index (χ3n) is 5.86. The van der Waals surface area contributed by atoms with E-state index >= 15 is 0 Å². The third kappa shape index (κ3) is 4.90. The molecule has 0 unspecified atom stereocenters. The zero-order chi connectivity index (χ0) is 24.2. The fraction of sp³-hybridized carbons (Fsp3) is 0.148. The number of ether oxygens (including phenoxy) is 1. The molecule has 4 aromatic rings. The largest absolute Gasteiger partial charge is 0.489 e. The van der Waals surface area contributed by atoms with Crippen LogP contribution >= 0.6 is 11.6 Å². The van der Waals surface area contributed by atoms with Gasteiger partial charge in [0.2, 0.25) is 5.95 Å². The maximum Gasteiger partial charge on any atom is 0.251 e. The van der Waals surface area contributed by atoms with E-state index in [1.165, 1.54) is 6.33 Å². The first-order valence-corrected chi connectivity index (χ1v) is 11.6. The van der Waals surface area contributed by atoms with Crippen LogP contribution in [0.2, 0.25) is 5.02 Å². The Bertz CT molecular complexity index is 1380. The Kier molecular flexibility index (Phi) is 6.50. The van der Waals surface area contributed by atoms with Crippen molar-refractivity contribution >= 4 is 23.5 Å². The van der Waals surface area contributed by atoms with Gasteiger partial charge in [-0.3, -0.25) is 4.79 Å². The molecule has 176 valence electrons. The van der Waals surface area contributed by atoms with Gasteiger partial charge < -0.3 is 15.4 Å². The number of halogens is 1. The van der Waals surface area contributed by atoms with E-state index < -0.39 is 6.04 Å². The number of amides is 1. The van der Waals surface area contributed by atoms with Crippen LogP contribution in [0.15, 0.2) is 96.5 Å². The molecule has 1 amide bonds. The second-order valence-corrected chi connectivity index (χ2v) is 8.62. The Hall–Kier alpha value is -4.10. The molecule has 2 heterocycles. The van der Waals surface area contributed by atoms with Gasteiger partial charge in [-0.25, -0.2) is 4.68 Å². The summed E-state index contributed by atoms with van der Waals surface area (Å²) in [6.07, 6.45) is 1.48. The minimum atomic E-state index is -0.464. The average Bonchev–Trinajstić information content (AvgIpc) is 3.35. The van der Waals surface area contributed by atoms with Crippen molar-refractivity contribution in [2.24, 2.45) is 0 Å². The van der Waals surface area contributed by atoms with Gasteiger partial charge >= 0.3 is 0 Å². The van der Waals surface area contributed by atoms with Gasteiger partial charge in [-0.1, -0.05) is 72.3 Å². The Balaban J connectivity index is 1.42. The van der Waals surface area contributed by atoms with Gasteiger partial charge in [0.05, 0.1) is 5.57 Å². The number of fused-ring (bicyclic) bond motifs is 1. The second-order valence-electron chi connectivity index (χ2n) is 8.22. The molecule has 0 saturated heterocycles. The van der Waals surface area contributed by atoms with Crippen LogP contribution in [0.3, 0.4) is 0 Å². The zero-order valence-corrected chi connectivity index (χ0v) is 19.9. The average molecular weight is 486 g/mol. The van der Waals surface area contributed by atoms with Crippen LogP contribution in [0, 0.1) is 0 Å². The number of nitrogens with zero attached hydrogens (tertiary/aromatic N) is 3. The second kappa shape index (κ2) is 10.0. The molecular weight excluding hydrogens is 462 g/mol. The van der Waals surface area contributed by atoms with Gasteiger partial charge in [-0.05, 0) is 36.2 Å². The molecule has 0 aliphatic carbocycles. The first-order chi connectivity index (χ1) is 17.1. The highest BCUT2D eigenvalue weighted by molar-refractivity contribution is 6.31. The van der Waals surface area contributed by atoms with Gasteiger partial charge in [-0.15, -0.1) is 0 Å². The predicted octanol–water partition coefficient (Wildman–Crippen LogP) is 5.12. The summed E-state index contributed by atoms with van der Waals surface area (Å²) < 4.78 is 7.76. The van der Waals surface area contributed by atoms with Crippen molar-refractivity contribution in [1.82, 2.24) is 20.1 Å². The number of nitrogens with one attached hydrogen (secondary N) is 2. The van der Waals surface area contributed by atoms with Crippen molar-refractivity contribution in [3.8, 4) is 5.75 Å². The SMILES string of the molecule is CC1=C(C(=O)NCc2ccccc2)[C@H](c2cccc(OCc3ccccc3Cl)c2)n2ncnc2N1. The summed E-state index contributed by atoms with van der Waals surface area (Å²) >= 11 is 6.28. The number of rotatable bonds is 7. The van der Waals surface area contributed by atoms with Gasteiger partial charge in [0.15, 0.2) is 0 Å². The Morgan fingerprint density at radius 1 is 1.09 bits per heavy atom. The standard InChI is InChI=1S/C27H24ClN5O2/c1-18-24(26(34)29-15-19-8-3-2-4-9-19)25(33-27(32-18)30-17-31-33)20-11-7-12-22(14-20)35-16-21-10-5-6-13-23(21)28/h2-14,17,25H,15-16H2,1H3,(H,29,34)(H,30,31,32)/t25-/m0/s1. The van der Waals surface area contributed by atoms with Crippen LogP contribution in [0.1, 0.15) is 29.7 Å². The maximum atomic E-state index is 13.4. The lowest BCUT2D eigenvalue weighted by Crippen LogP contribution is -2.34. The molecular formula is C27H24ClN5O2. The zero-order valence-electron chi connectivity index (χ0n) is 19.1. The van der Waals surface area contributed by atoms with Crippen molar-refractivity contribution < 1.29 is 9.53 Å². The molecule has 1 aromatic heterocycles. The number of hydrogen-bond acceptors (Lipinski definition) is 5. The molecule has 1 aliphatic heterocycles. The summed E-state index contributed by atoms with van der Waals surface area (Å²) in [5.41, 5.74) is 4.08. The lowest BCUT2D eigenvalue weighted by Gasteiger charge is -2.29. The Morgan fingerprint density at radius 3 is 2.71 bits per heavy atom. The highest BCUT2D eigenvalue weighted by Crippen LogP contribution is 2.36. The van der Waals surface area contributed by atoms with E-state index in [1.807, 2.05) is 85.8 Å². The molecule has 2 N–H and O–H groups in total. The highest BCUT2D eigenvalue weighted by atomic mass is 35.5. The summed E-state index contributed by atoms with van der Waals surface area (Å²) in [7, 11) is 0. The lowest BCUT2D eigenvalue weighted by molar-refractivity contribution is -0.118. The van der Waals surface area contributed by atoms with E-state index in [1.54, 1.807) is 4.68 Å². The third-order valence-corrected chi connectivity index (χ3v) is 6.23. The lowest BCUT2D eigenvalue weighted by atomic mass is 9.95. The summed E-state index contributed by atoms with van der Waals surface area (Å²) in [6, 6.07) is 24.6. The van der Waals surface area contributed by atoms with E-state index in [9.17, 15) is 4.79 Å². The molecule has 0 spiro atoms. The number of carbonyl (C=O) groups is 1. The van der Waals surface area contributed by atoms with E-state index in [-0.39, 0.29) is 5.91 Å². The molecule has 8 heteroatoms. The number of hydrogen-bond donors (Lipinski definition) is 2. The van der Waals surface area contributed by atoms with Crippen LogP contribution < -0.4 is 15.4 Å². The molecule has 0 fully saturated rings. The highest BCUT2D eigenvalue weighted by Gasteiger charge is 2.33. The monoisotopic (exact) mass is 485 g/mol. The number of allylic oxidation sites excluding steroid dienone is 1. The van der Waals surface area contributed by atoms with Gasteiger partial charge in [-0.2, -0.15) is 10.1 Å². The minimum Gasteiger partial charge on any atom is -0.489 e. The molecule has 5 rings (SSSR count).